The van der Waals surface area contributed by atoms with Gasteiger partial charge >= 0.3 is 0 Å². The van der Waals surface area contributed by atoms with E-state index >= 15 is 0 Å². The Labute approximate surface area is 118 Å². The van der Waals surface area contributed by atoms with E-state index in [-0.39, 0.29) is 17.8 Å². The largest absolute Gasteiger partial charge is 0.364 e. The summed E-state index contributed by atoms with van der Waals surface area (Å²) in [4.78, 5) is 1.82. The van der Waals surface area contributed by atoms with Gasteiger partial charge in [0.15, 0.2) is 11.6 Å². The summed E-state index contributed by atoms with van der Waals surface area (Å²) in [6.07, 6.45) is 0.967. The molecule has 0 aliphatic carbocycles. The Kier molecular flexibility index (Phi) is 4.58. The molecule has 0 bridgehead atoms. The molecule has 2 atom stereocenters. The minimum absolute atomic E-state index is 0.0396. The van der Waals surface area contributed by atoms with Crippen LogP contribution in [-0.2, 0) is 0 Å². The third-order valence-electron chi connectivity index (χ3n) is 3.71. The van der Waals surface area contributed by atoms with Crippen LogP contribution in [-0.4, -0.2) is 25.2 Å². The summed E-state index contributed by atoms with van der Waals surface area (Å²) in [6.45, 7) is 7.50. The average molecular weight is 286 g/mol. The number of piperazine rings is 1. The molecule has 1 N–H and O–H groups in total. The first-order valence-electron chi connectivity index (χ1n) is 7.03. The molecule has 1 fully saturated rings. The van der Waals surface area contributed by atoms with Crippen LogP contribution in [0, 0.1) is 23.4 Å². The highest BCUT2D eigenvalue weighted by molar-refractivity contribution is 5.50. The molecule has 1 aliphatic rings. The Morgan fingerprint density at radius 2 is 1.85 bits per heavy atom. The van der Waals surface area contributed by atoms with Gasteiger partial charge in [-0.2, -0.15) is 0 Å². The highest BCUT2D eigenvalue weighted by Crippen LogP contribution is 2.26. The summed E-state index contributed by atoms with van der Waals surface area (Å²) in [5, 5.41) is 3.41. The Bertz CT molecular complexity index is 476. The van der Waals surface area contributed by atoms with Crippen molar-refractivity contribution in [3.63, 3.8) is 0 Å². The van der Waals surface area contributed by atoms with Crippen molar-refractivity contribution in [3.05, 3.63) is 29.6 Å². The van der Waals surface area contributed by atoms with E-state index in [9.17, 15) is 13.2 Å². The van der Waals surface area contributed by atoms with Crippen molar-refractivity contribution in [2.24, 2.45) is 5.92 Å². The molecule has 5 heteroatoms. The van der Waals surface area contributed by atoms with Gasteiger partial charge in [-0.3, -0.25) is 0 Å². The van der Waals surface area contributed by atoms with E-state index < -0.39 is 17.5 Å². The number of hydrogen-bond donors (Lipinski definition) is 1. The van der Waals surface area contributed by atoms with Gasteiger partial charge in [-0.1, -0.05) is 13.8 Å². The molecule has 20 heavy (non-hydrogen) atoms. The molecule has 1 aliphatic heterocycles. The Hall–Kier alpha value is -1.23. The summed E-state index contributed by atoms with van der Waals surface area (Å²) in [6, 6.07) is 1.85. The lowest BCUT2D eigenvalue weighted by molar-refractivity contribution is 0.353. The van der Waals surface area contributed by atoms with E-state index in [1.807, 2.05) is 11.8 Å². The number of halogens is 3. The molecule has 2 unspecified atom stereocenters. The lowest BCUT2D eigenvalue weighted by Crippen LogP contribution is -2.56. The van der Waals surface area contributed by atoms with Crippen LogP contribution in [0.3, 0.4) is 0 Å². The predicted octanol–water partition coefficient (Wildman–Crippen LogP) is 3.32. The Morgan fingerprint density at radius 1 is 1.20 bits per heavy atom. The molecule has 2 nitrogen and oxygen atoms in total. The summed E-state index contributed by atoms with van der Waals surface area (Å²) < 4.78 is 40.3. The summed E-state index contributed by atoms with van der Waals surface area (Å²) in [5.74, 6) is -2.33. The van der Waals surface area contributed by atoms with Crippen LogP contribution in [0.4, 0.5) is 18.9 Å². The highest BCUT2D eigenvalue weighted by Gasteiger charge is 2.28. The van der Waals surface area contributed by atoms with Crippen molar-refractivity contribution in [2.75, 3.05) is 18.0 Å². The maximum Gasteiger partial charge on any atom is 0.161 e. The van der Waals surface area contributed by atoms with Gasteiger partial charge in [-0.05, 0) is 19.3 Å². The third kappa shape index (κ3) is 3.26. The van der Waals surface area contributed by atoms with Crippen LogP contribution >= 0.6 is 0 Å². The van der Waals surface area contributed by atoms with E-state index in [2.05, 4.69) is 19.2 Å². The highest BCUT2D eigenvalue weighted by atomic mass is 19.2. The SMILES string of the molecule is CC(C)CC1CN(c2cc(F)c(F)cc2F)C(C)CN1. The van der Waals surface area contributed by atoms with E-state index in [0.717, 1.165) is 12.5 Å². The second kappa shape index (κ2) is 6.04. The topological polar surface area (TPSA) is 15.3 Å². The van der Waals surface area contributed by atoms with Crippen LogP contribution in [0.2, 0.25) is 0 Å². The molecule has 112 valence electrons. The second-order valence-electron chi connectivity index (χ2n) is 5.95. The van der Waals surface area contributed by atoms with Gasteiger partial charge in [-0.15, -0.1) is 0 Å². The molecule has 0 aromatic heterocycles. The zero-order valence-corrected chi connectivity index (χ0v) is 12.1. The summed E-state index contributed by atoms with van der Waals surface area (Å²) in [5.41, 5.74) is 0.145. The van der Waals surface area contributed by atoms with Gasteiger partial charge < -0.3 is 10.2 Å². The smallest absolute Gasteiger partial charge is 0.161 e. The Balaban J connectivity index is 2.23. The van der Waals surface area contributed by atoms with Gasteiger partial charge in [0.25, 0.3) is 0 Å². The van der Waals surface area contributed by atoms with E-state index in [1.165, 1.54) is 0 Å². The van der Waals surface area contributed by atoms with Crippen molar-refractivity contribution in [3.8, 4) is 0 Å². The fraction of sp³-hybridized carbons (Fsp3) is 0.600. The number of hydrogen-bond acceptors (Lipinski definition) is 2. The summed E-state index contributed by atoms with van der Waals surface area (Å²) >= 11 is 0. The fourth-order valence-electron chi connectivity index (χ4n) is 2.72. The number of anilines is 1. The fourth-order valence-corrected chi connectivity index (χ4v) is 2.72. The quantitative estimate of drug-likeness (QED) is 0.858. The maximum absolute atomic E-state index is 13.9. The first-order valence-corrected chi connectivity index (χ1v) is 7.03. The lowest BCUT2D eigenvalue weighted by Gasteiger charge is -2.41. The minimum atomic E-state index is -1.15. The van der Waals surface area contributed by atoms with Crippen LogP contribution in [0.1, 0.15) is 27.2 Å². The molecular formula is C15H21F3N2. The lowest BCUT2D eigenvalue weighted by atomic mass is 9.99. The van der Waals surface area contributed by atoms with Crippen molar-refractivity contribution < 1.29 is 13.2 Å². The zero-order chi connectivity index (χ0) is 14.9. The molecule has 1 aromatic rings. The monoisotopic (exact) mass is 286 g/mol. The molecule has 0 saturated carbocycles. The molecule has 1 saturated heterocycles. The Morgan fingerprint density at radius 3 is 2.50 bits per heavy atom. The van der Waals surface area contributed by atoms with Gasteiger partial charge in [0.1, 0.15) is 5.82 Å². The molecule has 2 rings (SSSR count). The van der Waals surface area contributed by atoms with Crippen LogP contribution in [0.5, 0.6) is 0 Å². The maximum atomic E-state index is 13.9. The second-order valence-corrected chi connectivity index (χ2v) is 5.95. The molecular weight excluding hydrogens is 265 g/mol. The standard InChI is InChI=1S/C15H21F3N2/c1-9(2)4-11-8-20(10(3)7-19-11)15-6-13(17)12(16)5-14(15)18/h5-6,9-11,19H,4,7-8H2,1-3H3. The van der Waals surface area contributed by atoms with Crippen molar-refractivity contribution in [2.45, 2.75) is 39.3 Å². The van der Waals surface area contributed by atoms with Crippen molar-refractivity contribution in [1.29, 1.82) is 0 Å². The molecule has 1 aromatic carbocycles. The molecule has 0 spiro atoms. The number of benzene rings is 1. The van der Waals surface area contributed by atoms with Crippen LogP contribution < -0.4 is 10.2 Å². The van der Waals surface area contributed by atoms with Gasteiger partial charge in [0.05, 0.1) is 5.69 Å². The average Bonchev–Trinajstić information content (AvgIpc) is 2.36. The predicted molar refractivity (Wildman–Crippen MR) is 74.4 cm³/mol. The minimum Gasteiger partial charge on any atom is -0.364 e. The molecule has 1 heterocycles. The van der Waals surface area contributed by atoms with E-state index in [4.69, 9.17) is 0 Å². The zero-order valence-electron chi connectivity index (χ0n) is 12.1. The first kappa shape index (κ1) is 15.2. The van der Waals surface area contributed by atoms with Gasteiger partial charge in [-0.25, -0.2) is 13.2 Å². The molecule has 0 amide bonds. The van der Waals surface area contributed by atoms with Gasteiger partial charge in [0, 0.05) is 37.3 Å². The van der Waals surface area contributed by atoms with Crippen LogP contribution in [0.15, 0.2) is 12.1 Å². The summed E-state index contributed by atoms with van der Waals surface area (Å²) in [7, 11) is 0. The third-order valence-corrected chi connectivity index (χ3v) is 3.71. The number of nitrogens with zero attached hydrogens (tertiary/aromatic N) is 1. The van der Waals surface area contributed by atoms with Gasteiger partial charge in [0.2, 0.25) is 0 Å². The molecule has 0 radical (unpaired) electrons. The van der Waals surface area contributed by atoms with E-state index in [1.54, 1.807) is 0 Å². The van der Waals surface area contributed by atoms with Crippen LogP contribution in [0.25, 0.3) is 0 Å². The number of rotatable bonds is 3. The first-order chi connectivity index (χ1) is 9.38. The van der Waals surface area contributed by atoms with Crippen molar-refractivity contribution >= 4 is 5.69 Å². The normalized spacial score (nSPS) is 23.4. The number of nitrogens with one attached hydrogen (secondary N) is 1. The van der Waals surface area contributed by atoms with Crippen molar-refractivity contribution in [1.82, 2.24) is 5.32 Å². The van der Waals surface area contributed by atoms with E-state index in [0.29, 0.717) is 25.1 Å².